The van der Waals surface area contributed by atoms with Crippen molar-refractivity contribution in [1.29, 1.82) is 0 Å². The molecule has 3 aromatic carbocycles. The molecule has 4 aromatic rings. The predicted octanol–water partition coefficient (Wildman–Crippen LogP) is 5.89. The Balaban J connectivity index is 1.74. The lowest BCUT2D eigenvalue weighted by Gasteiger charge is -2.06. The maximum Gasteiger partial charge on any atom is 0.234 e. The Morgan fingerprint density at radius 2 is 1.61 bits per heavy atom. The van der Waals surface area contributed by atoms with Crippen LogP contribution >= 0.6 is 11.6 Å². The number of nitrogens with one attached hydrogen (secondary N) is 1. The van der Waals surface area contributed by atoms with Crippen molar-refractivity contribution in [1.82, 2.24) is 4.98 Å². The average Bonchev–Trinajstić information content (AvgIpc) is 3.19. The third kappa shape index (κ3) is 4.62. The van der Waals surface area contributed by atoms with Gasteiger partial charge in [0.15, 0.2) is 0 Å². The van der Waals surface area contributed by atoms with Crippen molar-refractivity contribution < 1.29 is 17.2 Å². The first-order valence-corrected chi connectivity index (χ1v) is 11.3. The van der Waals surface area contributed by atoms with E-state index in [4.69, 9.17) is 16.0 Å². The van der Waals surface area contributed by atoms with Crippen molar-refractivity contribution in [3.05, 3.63) is 94.8 Å². The normalized spacial score (nSPS) is 11.5. The summed E-state index contributed by atoms with van der Waals surface area (Å²) in [5, 5.41) is 3.18. The molecule has 4 rings (SSSR count). The Bertz CT molecular complexity index is 1300. The van der Waals surface area contributed by atoms with Gasteiger partial charge in [-0.3, -0.25) is 0 Å². The van der Waals surface area contributed by atoms with Crippen LogP contribution in [0.4, 0.5) is 10.3 Å². The van der Waals surface area contributed by atoms with Crippen LogP contribution in [0.3, 0.4) is 0 Å². The van der Waals surface area contributed by atoms with E-state index in [0.717, 1.165) is 11.1 Å². The van der Waals surface area contributed by atoms with Gasteiger partial charge in [0.2, 0.25) is 26.6 Å². The largest absolute Gasteiger partial charge is 0.419 e. The number of aryl methyl sites for hydroxylation is 1. The Morgan fingerprint density at radius 3 is 2.26 bits per heavy atom. The molecule has 0 amide bonds. The van der Waals surface area contributed by atoms with Gasteiger partial charge in [0.25, 0.3) is 0 Å². The van der Waals surface area contributed by atoms with Crippen LogP contribution in [0.15, 0.2) is 87.1 Å². The molecule has 1 aromatic heterocycles. The lowest BCUT2D eigenvalue weighted by atomic mass is 10.1. The first kappa shape index (κ1) is 21.1. The second kappa shape index (κ2) is 8.53. The first-order chi connectivity index (χ1) is 14.8. The highest BCUT2D eigenvalue weighted by Gasteiger charge is 2.28. The number of rotatable bonds is 6. The smallest absolute Gasteiger partial charge is 0.234 e. The molecule has 0 aliphatic rings. The number of aromatic nitrogens is 1. The van der Waals surface area contributed by atoms with Gasteiger partial charge in [0.1, 0.15) is 5.82 Å². The average molecular weight is 457 g/mol. The lowest BCUT2D eigenvalue weighted by molar-refractivity contribution is 0.576. The summed E-state index contributed by atoms with van der Waals surface area (Å²) in [6.45, 7) is 2.18. The number of halogens is 2. The molecule has 1 N–H and O–H groups in total. The minimum absolute atomic E-state index is 0.00912. The van der Waals surface area contributed by atoms with E-state index in [2.05, 4.69) is 10.3 Å². The Labute approximate surface area is 184 Å². The topological polar surface area (TPSA) is 72.2 Å². The van der Waals surface area contributed by atoms with Crippen molar-refractivity contribution in [2.75, 3.05) is 5.32 Å². The van der Waals surface area contributed by atoms with E-state index in [-0.39, 0.29) is 34.1 Å². The minimum Gasteiger partial charge on any atom is -0.419 e. The summed E-state index contributed by atoms with van der Waals surface area (Å²) in [6.07, 6.45) is 0. The molecule has 0 radical (unpaired) electrons. The summed E-state index contributed by atoms with van der Waals surface area (Å²) in [5.74, 6) is -0.167. The quantitative estimate of drug-likeness (QED) is 0.392. The van der Waals surface area contributed by atoms with Crippen molar-refractivity contribution >= 4 is 27.3 Å². The second-order valence-corrected chi connectivity index (χ2v) is 9.26. The van der Waals surface area contributed by atoms with Crippen LogP contribution < -0.4 is 5.32 Å². The van der Waals surface area contributed by atoms with Crippen molar-refractivity contribution in [3.63, 3.8) is 0 Å². The number of benzene rings is 3. The van der Waals surface area contributed by atoms with Crippen molar-refractivity contribution in [2.45, 2.75) is 23.4 Å². The van der Waals surface area contributed by atoms with E-state index in [1.165, 1.54) is 36.4 Å². The molecular weight excluding hydrogens is 439 g/mol. The van der Waals surface area contributed by atoms with Crippen LogP contribution in [0.5, 0.6) is 0 Å². The maximum absolute atomic E-state index is 13.3. The van der Waals surface area contributed by atoms with Crippen molar-refractivity contribution in [3.8, 4) is 11.5 Å². The Morgan fingerprint density at radius 1 is 0.968 bits per heavy atom. The van der Waals surface area contributed by atoms with Crippen LogP contribution in [0.2, 0.25) is 5.02 Å². The summed E-state index contributed by atoms with van der Waals surface area (Å²) in [6, 6.07) is 19.1. The third-order valence-corrected chi connectivity index (χ3v) is 6.57. The molecule has 0 bridgehead atoms. The number of oxazole rings is 1. The molecular formula is C23H18ClFN2O3S. The van der Waals surface area contributed by atoms with Gasteiger partial charge < -0.3 is 9.73 Å². The zero-order chi connectivity index (χ0) is 22.0. The van der Waals surface area contributed by atoms with Gasteiger partial charge in [-0.1, -0.05) is 41.4 Å². The van der Waals surface area contributed by atoms with E-state index >= 15 is 0 Å². The van der Waals surface area contributed by atoms with Gasteiger partial charge >= 0.3 is 0 Å². The van der Waals surface area contributed by atoms with Gasteiger partial charge in [-0.25, -0.2) is 12.8 Å². The molecule has 0 saturated heterocycles. The molecule has 0 atom stereocenters. The van der Waals surface area contributed by atoms with Gasteiger partial charge in [0.05, 0.1) is 4.90 Å². The van der Waals surface area contributed by atoms with Crippen LogP contribution in [-0.4, -0.2) is 13.4 Å². The number of nitrogens with zero attached hydrogens (tertiary/aromatic N) is 1. The molecule has 0 fully saturated rings. The van der Waals surface area contributed by atoms with Gasteiger partial charge in [0, 0.05) is 17.1 Å². The van der Waals surface area contributed by atoms with E-state index in [9.17, 15) is 12.8 Å². The predicted molar refractivity (Wildman–Crippen MR) is 117 cm³/mol. The minimum atomic E-state index is -3.98. The lowest BCUT2D eigenvalue weighted by Crippen LogP contribution is -2.07. The highest BCUT2D eigenvalue weighted by Crippen LogP contribution is 2.33. The molecule has 0 unspecified atom stereocenters. The summed E-state index contributed by atoms with van der Waals surface area (Å²) in [7, 11) is -3.98. The van der Waals surface area contributed by atoms with Gasteiger partial charge in [-0.05, 0) is 61.0 Å². The molecule has 0 spiro atoms. The summed E-state index contributed by atoms with van der Waals surface area (Å²) in [5.41, 5.74) is 2.46. The van der Waals surface area contributed by atoms with Gasteiger partial charge in [-0.2, -0.15) is 4.98 Å². The molecule has 1 heterocycles. The first-order valence-electron chi connectivity index (χ1n) is 9.40. The SMILES string of the molecule is Cc1ccc(-c2nc(S(=O)(=O)c3ccc(Cl)cc3)c(NCc3ccc(F)cc3)o2)cc1. The highest BCUT2D eigenvalue weighted by molar-refractivity contribution is 7.91. The fraction of sp³-hybridized carbons (Fsp3) is 0.0870. The molecule has 5 nitrogen and oxygen atoms in total. The number of sulfone groups is 1. The van der Waals surface area contributed by atoms with E-state index in [1.54, 1.807) is 12.1 Å². The van der Waals surface area contributed by atoms with E-state index < -0.39 is 9.84 Å². The van der Waals surface area contributed by atoms with Gasteiger partial charge in [-0.15, -0.1) is 0 Å². The Kier molecular flexibility index (Phi) is 5.80. The van der Waals surface area contributed by atoms with Crippen LogP contribution in [0, 0.1) is 12.7 Å². The van der Waals surface area contributed by atoms with Crippen LogP contribution in [0.1, 0.15) is 11.1 Å². The standard InChI is InChI=1S/C23H18ClFN2O3S/c1-15-2-6-17(7-3-15)21-27-23(31(28,29)20-12-8-18(24)9-13-20)22(30-21)26-14-16-4-10-19(25)11-5-16/h2-13,26H,14H2,1H3. The highest BCUT2D eigenvalue weighted by atomic mass is 35.5. The van der Waals surface area contributed by atoms with Crippen LogP contribution in [-0.2, 0) is 16.4 Å². The number of anilines is 1. The van der Waals surface area contributed by atoms with Crippen LogP contribution in [0.25, 0.3) is 11.5 Å². The summed E-state index contributed by atoms with van der Waals surface area (Å²) in [4.78, 5) is 4.34. The third-order valence-electron chi connectivity index (χ3n) is 4.64. The zero-order valence-corrected chi connectivity index (χ0v) is 18.0. The Hall–Kier alpha value is -3.16. The maximum atomic E-state index is 13.3. The number of hydrogen-bond donors (Lipinski definition) is 1. The molecule has 0 saturated carbocycles. The molecule has 0 aliphatic heterocycles. The monoisotopic (exact) mass is 456 g/mol. The van der Waals surface area contributed by atoms with E-state index in [1.807, 2.05) is 31.2 Å². The summed E-state index contributed by atoms with van der Waals surface area (Å²) >= 11 is 5.90. The second-order valence-electron chi connectivity index (χ2n) is 6.96. The van der Waals surface area contributed by atoms with E-state index in [0.29, 0.717) is 10.6 Å². The van der Waals surface area contributed by atoms with Crippen molar-refractivity contribution in [2.24, 2.45) is 0 Å². The number of hydrogen-bond acceptors (Lipinski definition) is 5. The molecule has 31 heavy (non-hydrogen) atoms. The fourth-order valence-electron chi connectivity index (χ4n) is 2.93. The zero-order valence-electron chi connectivity index (χ0n) is 16.5. The molecule has 158 valence electrons. The molecule has 0 aliphatic carbocycles. The molecule has 8 heteroatoms. The summed E-state index contributed by atoms with van der Waals surface area (Å²) < 4.78 is 45.5. The fourth-order valence-corrected chi connectivity index (χ4v) is 4.33.